The van der Waals surface area contributed by atoms with Crippen molar-refractivity contribution in [3.63, 3.8) is 0 Å². The molecule has 0 unspecified atom stereocenters. The highest BCUT2D eigenvalue weighted by Gasteiger charge is 2.20. The van der Waals surface area contributed by atoms with Gasteiger partial charge in [0.15, 0.2) is 11.5 Å². The number of nitrogens with two attached hydrogens (primary N) is 1. The van der Waals surface area contributed by atoms with Crippen LogP contribution in [0.25, 0.3) is 0 Å². The van der Waals surface area contributed by atoms with E-state index in [0.717, 1.165) is 0 Å². The van der Waals surface area contributed by atoms with E-state index in [2.05, 4.69) is 15.1 Å². The highest BCUT2D eigenvalue weighted by molar-refractivity contribution is 7.99. The Morgan fingerprint density at radius 1 is 1.35 bits per heavy atom. The Bertz CT molecular complexity index is 662. The zero-order valence-electron chi connectivity index (χ0n) is 10.0. The van der Waals surface area contributed by atoms with Crippen molar-refractivity contribution in [1.82, 2.24) is 9.97 Å². The number of hydrogen-bond donors (Lipinski definition) is 2. The van der Waals surface area contributed by atoms with Gasteiger partial charge in [0.2, 0.25) is 0 Å². The maximum absolute atomic E-state index is 10.9. The lowest BCUT2D eigenvalue weighted by molar-refractivity contribution is -0.385. The first-order chi connectivity index (χ1) is 9.61. The molecule has 20 heavy (non-hydrogen) atoms. The van der Waals surface area contributed by atoms with E-state index in [9.17, 15) is 10.1 Å². The van der Waals surface area contributed by atoms with Crippen LogP contribution in [0.15, 0.2) is 51.7 Å². The molecule has 0 aliphatic rings. The second kappa shape index (κ2) is 5.97. The van der Waals surface area contributed by atoms with E-state index < -0.39 is 10.8 Å². The predicted molar refractivity (Wildman–Crippen MR) is 71.8 cm³/mol. The van der Waals surface area contributed by atoms with Gasteiger partial charge in [0.1, 0.15) is 10.1 Å². The molecule has 0 saturated carbocycles. The van der Waals surface area contributed by atoms with Crippen molar-refractivity contribution in [2.24, 2.45) is 10.9 Å². The van der Waals surface area contributed by atoms with Gasteiger partial charge < -0.3 is 10.9 Å². The fourth-order valence-corrected chi connectivity index (χ4v) is 2.14. The normalized spacial score (nSPS) is 11.3. The number of hydrogen-bond acceptors (Lipinski definition) is 7. The molecule has 0 radical (unpaired) electrons. The van der Waals surface area contributed by atoms with E-state index in [4.69, 9.17) is 10.9 Å². The third-order valence-corrected chi connectivity index (χ3v) is 3.13. The first-order valence-corrected chi connectivity index (χ1v) is 6.15. The summed E-state index contributed by atoms with van der Waals surface area (Å²) in [5.74, 6) is -0.417. The quantitative estimate of drug-likeness (QED) is 0.288. The Kier molecular flexibility index (Phi) is 4.11. The molecule has 102 valence electrons. The van der Waals surface area contributed by atoms with Crippen molar-refractivity contribution in [2.75, 3.05) is 0 Å². The van der Waals surface area contributed by atoms with Crippen LogP contribution in [0.2, 0.25) is 0 Å². The minimum absolute atomic E-state index is 0.182. The molecule has 0 aromatic carbocycles. The summed E-state index contributed by atoms with van der Waals surface area (Å²) < 4.78 is 0. The molecule has 2 rings (SSSR count). The van der Waals surface area contributed by atoms with Crippen molar-refractivity contribution >= 4 is 23.3 Å². The van der Waals surface area contributed by atoms with Gasteiger partial charge in [0.25, 0.3) is 5.69 Å². The molecule has 8 nitrogen and oxygen atoms in total. The second-order valence-corrected chi connectivity index (χ2v) is 4.57. The Balaban J connectivity index is 2.40. The second-order valence-electron chi connectivity index (χ2n) is 3.53. The van der Waals surface area contributed by atoms with Gasteiger partial charge in [-0.2, -0.15) is 0 Å². The lowest BCUT2D eigenvalue weighted by Gasteiger charge is -2.03. The molecule has 0 saturated heterocycles. The minimum Gasteiger partial charge on any atom is -0.409 e. The lowest BCUT2D eigenvalue weighted by Crippen LogP contribution is -2.17. The van der Waals surface area contributed by atoms with Crippen LogP contribution < -0.4 is 5.73 Å². The van der Waals surface area contributed by atoms with Crippen molar-refractivity contribution in [1.29, 1.82) is 0 Å². The van der Waals surface area contributed by atoms with Crippen molar-refractivity contribution in [3.05, 3.63) is 52.3 Å². The monoisotopic (exact) mass is 291 g/mol. The lowest BCUT2D eigenvalue weighted by atomic mass is 10.3. The van der Waals surface area contributed by atoms with Gasteiger partial charge in [-0.1, -0.05) is 23.0 Å². The van der Waals surface area contributed by atoms with E-state index in [1.165, 1.54) is 23.9 Å². The fraction of sp³-hybridized carbons (Fsp3) is 0. The van der Waals surface area contributed by atoms with Gasteiger partial charge >= 0.3 is 0 Å². The molecule has 2 aromatic heterocycles. The molecule has 9 heteroatoms. The molecule has 3 N–H and O–H groups in total. The van der Waals surface area contributed by atoms with Crippen LogP contribution >= 0.6 is 11.8 Å². The average Bonchev–Trinajstić information content (AvgIpc) is 2.47. The van der Waals surface area contributed by atoms with E-state index in [-0.39, 0.29) is 11.4 Å². The maximum atomic E-state index is 10.9. The molecule has 0 spiro atoms. The summed E-state index contributed by atoms with van der Waals surface area (Å²) >= 11 is 1.21. The Morgan fingerprint density at radius 3 is 2.75 bits per heavy atom. The third-order valence-electron chi connectivity index (χ3n) is 2.24. The van der Waals surface area contributed by atoms with Gasteiger partial charge in [-0.25, -0.2) is 9.97 Å². The molecule has 0 aliphatic heterocycles. The largest absolute Gasteiger partial charge is 0.409 e. The summed E-state index contributed by atoms with van der Waals surface area (Å²) in [7, 11) is 0. The van der Waals surface area contributed by atoms with Crippen LogP contribution in [0.4, 0.5) is 5.69 Å². The van der Waals surface area contributed by atoms with Crippen molar-refractivity contribution in [2.45, 2.75) is 10.1 Å². The molecule has 0 bridgehead atoms. The number of nitro groups is 1. The fourth-order valence-electron chi connectivity index (χ4n) is 1.39. The zero-order valence-corrected chi connectivity index (χ0v) is 10.8. The molecule has 0 aliphatic carbocycles. The van der Waals surface area contributed by atoms with Crippen molar-refractivity contribution < 1.29 is 10.1 Å². The van der Waals surface area contributed by atoms with Crippen molar-refractivity contribution in [3.8, 4) is 0 Å². The Labute approximate surface area is 117 Å². The third kappa shape index (κ3) is 3.01. The Hall–Kier alpha value is -2.68. The van der Waals surface area contributed by atoms with E-state index in [1.54, 1.807) is 18.3 Å². The van der Waals surface area contributed by atoms with E-state index >= 15 is 0 Å². The number of nitrogens with zero attached hydrogens (tertiary/aromatic N) is 4. The van der Waals surface area contributed by atoms with Gasteiger partial charge in [0, 0.05) is 12.3 Å². The number of aromatic nitrogens is 2. The summed E-state index contributed by atoms with van der Waals surface area (Å²) in [4.78, 5) is 18.4. The highest BCUT2D eigenvalue weighted by atomic mass is 32.2. The van der Waals surface area contributed by atoms with E-state index in [1.807, 2.05) is 6.07 Å². The number of pyridine rings is 2. The minimum atomic E-state index is -0.643. The molecule has 0 fully saturated rings. The van der Waals surface area contributed by atoms with Crippen LogP contribution in [-0.2, 0) is 0 Å². The molecule has 0 atom stereocenters. The zero-order chi connectivity index (χ0) is 14.5. The van der Waals surface area contributed by atoms with Crippen LogP contribution in [-0.4, -0.2) is 25.9 Å². The Morgan fingerprint density at radius 2 is 2.15 bits per heavy atom. The van der Waals surface area contributed by atoms with Gasteiger partial charge in [0.05, 0.1) is 4.92 Å². The number of rotatable bonds is 4. The molecular weight excluding hydrogens is 282 g/mol. The van der Waals surface area contributed by atoms with Gasteiger partial charge in [-0.3, -0.25) is 10.1 Å². The average molecular weight is 291 g/mol. The predicted octanol–water partition coefficient (Wildman–Crippen LogP) is 1.63. The summed E-state index contributed by atoms with van der Waals surface area (Å²) in [6.45, 7) is 0. The van der Waals surface area contributed by atoms with Gasteiger partial charge in [-0.15, -0.1) is 0 Å². The molecule has 2 aromatic rings. The van der Waals surface area contributed by atoms with Crippen LogP contribution in [0.5, 0.6) is 0 Å². The highest BCUT2D eigenvalue weighted by Crippen LogP contribution is 2.27. The number of oxime groups is 1. The van der Waals surface area contributed by atoms with E-state index in [0.29, 0.717) is 10.1 Å². The first-order valence-electron chi connectivity index (χ1n) is 5.34. The maximum Gasteiger partial charge on any atom is 0.298 e. The standard InChI is InChI=1S/C11H9N5O3S/c12-11(15-17)10-7(16(18)19)4-5-9(14-10)20-8-3-1-2-6-13-8/h1-6,17H,(H2,12,15). The summed E-state index contributed by atoms with van der Waals surface area (Å²) in [6.07, 6.45) is 1.62. The molecular formula is C11H9N5O3S. The first kappa shape index (κ1) is 13.7. The number of amidine groups is 1. The van der Waals surface area contributed by atoms with Gasteiger partial charge in [-0.05, 0) is 18.2 Å². The summed E-state index contributed by atoms with van der Waals surface area (Å²) in [5.41, 5.74) is 4.89. The molecule has 2 heterocycles. The summed E-state index contributed by atoms with van der Waals surface area (Å²) in [6, 6.07) is 8.09. The molecule has 0 amide bonds. The van der Waals surface area contributed by atoms with Crippen LogP contribution in [0.1, 0.15) is 5.69 Å². The van der Waals surface area contributed by atoms with Crippen LogP contribution in [0, 0.1) is 10.1 Å². The smallest absolute Gasteiger partial charge is 0.298 e. The topological polar surface area (TPSA) is 128 Å². The summed E-state index contributed by atoms with van der Waals surface area (Å²) in [5, 5.41) is 23.4. The SMILES string of the molecule is N/C(=N/O)c1nc(Sc2ccccn2)ccc1[N+](=O)[O-]. The van der Waals surface area contributed by atoms with Crippen LogP contribution in [0.3, 0.4) is 0 Å².